The monoisotopic (exact) mass is 154 g/mol. The Hall–Kier alpha value is -0.990. The minimum absolute atomic E-state index is 0.915. The third kappa shape index (κ3) is 2.26. The third-order valence-corrected chi connectivity index (χ3v) is 1.66. The lowest BCUT2D eigenvalue weighted by molar-refractivity contribution is 0.557. The van der Waals surface area contributed by atoms with Crippen LogP contribution in [0, 0.1) is 0 Å². The molecule has 0 aliphatic carbocycles. The van der Waals surface area contributed by atoms with E-state index in [-0.39, 0.29) is 0 Å². The zero-order chi connectivity index (χ0) is 8.10. The molecule has 0 atom stereocenters. The van der Waals surface area contributed by atoms with Crippen LogP contribution in [0.3, 0.4) is 0 Å². The smallest absolute Gasteiger partial charge is 0.182 e. The van der Waals surface area contributed by atoms with Gasteiger partial charge < -0.3 is 9.32 Å². The summed E-state index contributed by atoms with van der Waals surface area (Å²) < 4.78 is 4.86. The van der Waals surface area contributed by atoms with E-state index < -0.39 is 0 Å². The van der Waals surface area contributed by atoms with Crippen molar-refractivity contribution in [2.45, 2.75) is 19.8 Å². The standard InChI is InChI=1S/C8H14N2O/c1-3-4-5-10(2)8-6-11-7-9-8/h6-7H,3-5H2,1-2H3. The molecule has 0 aliphatic rings. The third-order valence-electron chi connectivity index (χ3n) is 1.66. The van der Waals surface area contributed by atoms with Crippen LogP contribution in [0.1, 0.15) is 19.8 Å². The minimum Gasteiger partial charge on any atom is -0.449 e. The van der Waals surface area contributed by atoms with Gasteiger partial charge in [0.2, 0.25) is 0 Å². The Bertz CT molecular complexity index is 184. The number of hydrogen-bond donors (Lipinski definition) is 0. The molecule has 3 nitrogen and oxygen atoms in total. The summed E-state index contributed by atoms with van der Waals surface area (Å²) in [6, 6.07) is 0. The first kappa shape index (κ1) is 8.11. The van der Waals surface area contributed by atoms with Gasteiger partial charge in [0.05, 0.1) is 0 Å². The van der Waals surface area contributed by atoms with E-state index in [1.807, 2.05) is 7.05 Å². The molecule has 0 amide bonds. The Kier molecular flexibility index (Phi) is 2.95. The first-order valence-corrected chi connectivity index (χ1v) is 3.94. The van der Waals surface area contributed by atoms with Crippen LogP contribution in [0.4, 0.5) is 5.82 Å². The average Bonchev–Trinajstić information content (AvgIpc) is 2.52. The van der Waals surface area contributed by atoms with Crippen LogP contribution in [0.15, 0.2) is 17.1 Å². The van der Waals surface area contributed by atoms with Gasteiger partial charge in [0.25, 0.3) is 0 Å². The maximum Gasteiger partial charge on any atom is 0.182 e. The number of nitrogens with zero attached hydrogens (tertiary/aromatic N) is 2. The molecule has 1 aromatic heterocycles. The maximum atomic E-state index is 4.86. The fourth-order valence-electron chi connectivity index (χ4n) is 0.905. The molecule has 0 spiro atoms. The Balaban J connectivity index is 2.36. The zero-order valence-corrected chi connectivity index (χ0v) is 7.08. The van der Waals surface area contributed by atoms with Crippen molar-refractivity contribution in [3.05, 3.63) is 12.7 Å². The van der Waals surface area contributed by atoms with Crippen LogP contribution in [0.2, 0.25) is 0 Å². The summed E-state index contributed by atoms with van der Waals surface area (Å²) in [4.78, 5) is 6.12. The van der Waals surface area contributed by atoms with Gasteiger partial charge in [-0.2, -0.15) is 4.98 Å². The summed E-state index contributed by atoms with van der Waals surface area (Å²) in [5, 5.41) is 0. The minimum atomic E-state index is 0.915. The van der Waals surface area contributed by atoms with Crippen molar-refractivity contribution in [2.24, 2.45) is 0 Å². The second-order valence-corrected chi connectivity index (χ2v) is 2.62. The number of rotatable bonds is 4. The molecule has 0 unspecified atom stereocenters. The van der Waals surface area contributed by atoms with Gasteiger partial charge in [0, 0.05) is 13.6 Å². The molecule has 0 saturated carbocycles. The summed E-state index contributed by atoms with van der Waals surface area (Å²) in [6.45, 7) is 3.22. The van der Waals surface area contributed by atoms with Crippen molar-refractivity contribution in [2.75, 3.05) is 18.5 Å². The fourth-order valence-corrected chi connectivity index (χ4v) is 0.905. The molecule has 1 heterocycles. The summed E-state index contributed by atoms with van der Waals surface area (Å²) in [5.41, 5.74) is 0. The number of oxazole rings is 1. The van der Waals surface area contributed by atoms with Gasteiger partial charge in [-0.25, -0.2) is 0 Å². The van der Waals surface area contributed by atoms with Crippen LogP contribution in [-0.4, -0.2) is 18.6 Å². The summed E-state index contributed by atoms with van der Waals surface area (Å²) in [7, 11) is 2.02. The molecule has 0 aromatic carbocycles. The normalized spacial score (nSPS) is 10.0. The quantitative estimate of drug-likeness (QED) is 0.663. The van der Waals surface area contributed by atoms with Gasteiger partial charge in [0.1, 0.15) is 6.26 Å². The SMILES string of the molecule is CCCCN(C)c1cocn1. The Morgan fingerprint density at radius 1 is 1.64 bits per heavy atom. The highest BCUT2D eigenvalue weighted by molar-refractivity contribution is 5.32. The molecule has 0 N–H and O–H groups in total. The van der Waals surface area contributed by atoms with Gasteiger partial charge in [-0.1, -0.05) is 13.3 Å². The van der Waals surface area contributed by atoms with Crippen molar-refractivity contribution in [1.82, 2.24) is 4.98 Å². The Morgan fingerprint density at radius 2 is 2.45 bits per heavy atom. The van der Waals surface area contributed by atoms with E-state index in [9.17, 15) is 0 Å². The summed E-state index contributed by atoms with van der Waals surface area (Å²) >= 11 is 0. The van der Waals surface area contributed by atoms with Gasteiger partial charge in [0.15, 0.2) is 12.2 Å². The van der Waals surface area contributed by atoms with Gasteiger partial charge in [-0.05, 0) is 6.42 Å². The van der Waals surface area contributed by atoms with Crippen molar-refractivity contribution < 1.29 is 4.42 Å². The van der Waals surface area contributed by atoms with Crippen LogP contribution < -0.4 is 4.90 Å². The van der Waals surface area contributed by atoms with Gasteiger partial charge in [-0.3, -0.25) is 0 Å². The van der Waals surface area contributed by atoms with Crippen LogP contribution in [-0.2, 0) is 0 Å². The van der Waals surface area contributed by atoms with E-state index in [0.29, 0.717) is 0 Å². The Morgan fingerprint density at radius 3 is 3.00 bits per heavy atom. The summed E-state index contributed by atoms with van der Waals surface area (Å²) in [6.07, 6.45) is 5.53. The van der Waals surface area contributed by atoms with Gasteiger partial charge in [-0.15, -0.1) is 0 Å². The molecule has 0 saturated heterocycles. The number of hydrogen-bond acceptors (Lipinski definition) is 3. The van der Waals surface area contributed by atoms with E-state index in [0.717, 1.165) is 12.4 Å². The predicted octanol–water partition coefficient (Wildman–Crippen LogP) is 1.91. The summed E-state index contributed by atoms with van der Waals surface area (Å²) in [5.74, 6) is 0.915. The average molecular weight is 154 g/mol. The van der Waals surface area contributed by atoms with Crippen molar-refractivity contribution in [3.63, 3.8) is 0 Å². The molecular formula is C8H14N2O. The maximum absolute atomic E-state index is 4.86. The fraction of sp³-hybridized carbons (Fsp3) is 0.625. The van der Waals surface area contributed by atoms with E-state index in [1.165, 1.54) is 19.2 Å². The van der Waals surface area contributed by atoms with Crippen molar-refractivity contribution >= 4 is 5.82 Å². The molecule has 11 heavy (non-hydrogen) atoms. The molecule has 1 rings (SSSR count). The number of aromatic nitrogens is 1. The predicted molar refractivity (Wildman–Crippen MR) is 44.7 cm³/mol. The largest absolute Gasteiger partial charge is 0.449 e. The number of anilines is 1. The highest BCUT2D eigenvalue weighted by Crippen LogP contribution is 2.07. The van der Waals surface area contributed by atoms with E-state index >= 15 is 0 Å². The van der Waals surface area contributed by atoms with Crippen LogP contribution >= 0.6 is 0 Å². The molecule has 0 radical (unpaired) electrons. The molecule has 0 bridgehead atoms. The highest BCUT2D eigenvalue weighted by Gasteiger charge is 2.00. The molecule has 0 aliphatic heterocycles. The lowest BCUT2D eigenvalue weighted by atomic mass is 10.3. The van der Waals surface area contributed by atoms with E-state index in [4.69, 9.17) is 4.42 Å². The molecule has 3 heteroatoms. The molecule has 0 fully saturated rings. The van der Waals surface area contributed by atoms with Crippen molar-refractivity contribution in [3.8, 4) is 0 Å². The Labute approximate surface area is 67.0 Å². The van der Waals surface area contributed by atoms with Crippen LogP contribution in [0.5, 0.6) is 0 Å². The van der Waals surface area contributed by atoms with Gasteiger partial charge >= 0.3 is 0 Å². The van der Waals surface area contributed by atoms with E-state index in [2.05, 4.69) is 16.8 Å². The molecule has 1 aromatic rings. The first-order valence-electron chi connectivity index (χ1n) is 3.94. The second kappa shape index (κ2) is 4.01. The topological polar surface area (TPSA) is 29.3 Å². The first-order chi connectivity index (χ1) is 5.34. The number of unbranched alkanes of at least 4 members (excludes halogenated alkanes) is 1. The molecule has 62 valence electrons. The lowest BCUT2D eigenvalue weighted by Gasteiger charge is -2.13. The van der Waals surface area contributed by atoms with Crippen molar-refractivity contribution in [1.29, 1.82) is 0 Å². The highest BCUT2D eigenvalue weighted by atomic mass is 16.3. The molecular weight excluding hydrogens is 140 g/mol. The van der Waals surface area contributed by atoms with Crippen LogP contribution in [0.25, 0.3) is 0 Å². The lowest BCUT2D eigenvalue weighted by Crippen LogP contribution is -2.18. The second-order valence-electron chi connectivity index (χ2n) is 2.62. The zero-order valence-electron chi connectivity index (χ0n) is 7.08. The van der Waals surface area contributed by atoms with E-state index in [1.54, 1.807) is 6.26 Å².